The fraction of sp³-hybridized carbons (Fsp3) is 0.429. The van der Waals surface area contributed by atoms with Gasteiger partial charge in [0.25, 0.3) is 0 Å². The van der Waals surface area contributed by atoms with Crippen molar-refractivity contribution in [3.05, 3.63) is 28.8 Å². The average molecular weight is 248 g/mol. The highest BCUT2D eigenvalue weighted by molar-refractivity contribution is 6.46. The summed E-state index contributed by atoms with van der Waals surface area (Å²) in [7, 11) is 0. The molecule has 0 aliphatic heterocycles. The second-order valence-corrected chi connectivity index (χ2v) is 5.54. The number of rotatable bonds is 0. The first-order chi connectivity index (χ1) is 8.10. The van der Waals surface area contributed by atoms with E-state index in [1.165, 1.54) is 32.9 Å². The number of phenols is 1. The van der Waals surface area contributed by atoms with Crippen molar-refractivity contribution in [3.8, 4) is 5.75 Å². The number of phenolic OH excluding ortho intramolecular Hbond substituents is 1. The molecule has 4 heteroatoms. The van der Waals surface area contributed by atoms with Crippen LogP contribution in [0.2, 0.25) is 0 Å². The molecule has 1 unspecified atom stereocenters. The van der Waals surface area contributed by atoms with Crippen molar-refractivity contribution in [3.63, 3.8) is 0 Å². The number of benzene rings is 1. The second kappa shape index (κ2) is 3.42. The fourth-order valence-electron chi connectivity index (χ4n) is 2.25. The maximum Gasteiger partial charge on any atom is 0.229 e. The number of fused-ring (bicyclic) bond motifs is 1. The van der Waals surface area contributed by atoms with Gasteiger partial charge >= 0.3 is 0 Å². The highest BCUT2D eigenvalue weighted by Gasteiger charge is 2.54. The molecular formula is C14H16O4. The lowest BCUT2D eigenvalue weighted by Gasteiger charge is -2.43. The Morgan fingerprint density at radius 2 is 1.67 bits per heavy atom. The van der Waals surface area contributed by atoms with Crippen molar-refractivity contribution in [1.29, 1.82) is 0 Å². The van der Waals surface area contributed by atoms with E-state index >= 15 is 0 Å². The summed E-state index contributed by atoms with van der Waals surface area (Å²) in [5.41, 5.74) is -1.71. The third kappa shape index (κ3) is 1.35. The van der Waals surface area contributed by atoms with Crippen molar-refractivity contribution < 1.29 is 19.8 Å². The van der Waals surface area contributed by atoms with Gasteiger partial charge in [0.05, 0.1) is 5.41 Å². The third-order valence-electron chi connectivity index (χ3n) is 4.10. The van der Waals surface area contributed by atoms with Gasteiger partial charge in [-0.1, -0.05) is 0 Å². The summed E-state index contributed by atoms with van der Waals surface area (Å²) in [5, 5.41) is 20.3. The van der Waals surface area contributed by atoms with Crippen LogP contribution in [0.5, 0.6) is 5.75 Å². The summed E-state index contributed by atoms with van der Waals surface area (Å²) in [6.07, 6.45) is 0. The zero-order chi connectivity index (χ0) is 13.9. The molecule has 2 N–H and O–H groups in total. The van der Waals surface area contributed by atoms with Crippen molar-refractivity contribution >= 4 is 11.6 Å². The lowest BCUT2D eigenvalue weighted by atomic mass is 9.62. The molecule has 0 spiro atoms. The van der Waals surface area contributed by atoms with Gasteiger partial charge in [0.15, 0.2) is 0 Å². The molecule has 0 aromatic heterocycles. The number of aromatic hydroxyl groups is 1. The molecule has 4 nitrogen and oxygen atoms in total. The molecule has 1 aromatic carbocycles. The maximum atomic E-state index is 12.0. The minimum absolute atomic E-state index is 0.00646. The van der Waals surface area contributed by atoms with Gasteiger partial charge in [0, 0.05) is 5.56 Å². The number of hydrogen-bond donors (Lipinski definition) is 2. The molecule has 1 atom stereocenters. The van der Waals surface area contributed by atoms with Crippen molar-refractivity contribution in [2.45, 2.75) is 33.3 Å². The van der Waals surface area contributed by atoms with Crippen LogP contribution >= 0.6 is 0 Å². The van der Waals surface area contributed by atoms with Gasteiger partial charge in [-0.15, -0.1) is 0 Å². The van der Waals surface area contributed by atoms with Crippen LogP contribution in [0.15, 0.2) is 12.1 Å². The molecule has 1 aromatic rings. The standard InChI is InChI=1S/C14H16O4/c1-7-5-8-9(6-10(7)15)14(4,18)13(2,3)12(17)11(8)16/h5-6,15,18H,1-4H3. The molecule has 0 fully saturated rings. The largest absolute Gasteiger partial charge is 0.508 e. The minimum Gasteiger partial charge on any atom is -0.508 e. The van der Waals surface area contributed by atoms with Crippen molar-refractivity contribution in [2.75, 3.05) is 0 Å². The van der Waals surface area contributed by atoms with Crippen LogP contribution in [0.25, 0.3) is 0 Å². The van der Waals surface area contributed by atoms with Crippen LogP contribution in [0.3, 0.4) is 0 Å². The number of ketones is 2. The number of aryl methyl sites for hydroxylation is 1. The zero-order valence-electron chi connectivity index (χ0n) is 10.9. The molecule has 0 radical (unpaired) electrons. The van der Waals surface area contributed by atoms with E-state index in [4.69, 9.17) is 0 Å². The molecule has 0 amide bonds. The average Bonchev–Trinajstić information content (AvgIpc) is 2.28. The summed E-state index contributed by atoms with van der Waals surface area (Å²) in [6, 6.07) is 2.82. The Labute approximate surface area is 105 Å². The normalized spacial score (nSPS) is 26.1. The van der Waals surface area contributed by atoms with E-state index in [1.54, 1.807) is 6.92 Å². The maximum absolute atomic E-state index is 12.0. The van der Waals surface area contributed by atoms with E-state index in [2.05, 4.69) is 0 Å². The van der Waals surface area contributed by atoms with Crippen LogP contribution in [-0.2, 0) is 10.4 Å². The van der Waals surface area contributed by atoms with E-state index in [-0.39, 0.29) is 11.3 Å². The molecule has 96 valence electrons. The Hall–Kier alpha value is -1.68. The molecule has 0 bridgehead atoms. The van der Waals surface area contributed by atoms with Crippen LogP contribution < -0.4 is 0 Å². The molecule has 0 saturated heterocycles. The first-order valence-corrected chi connectivity index (χ1v) is 5.76. The van der Waals surface area contributed by atoms with Crippen LogP contribution in [0.1, 0.15) is 42.3 Å². The summed E-state index contributed by atoms with van der Waals surface area (Å²) in [5.74, 6) is -1.21. The smallest absolute Gasteiger partial charge is 0.229 e. The number of carbonyl (C=O) groups is 2. The Bertz CT molecular complexity index is 567. The molecule has 0 heterocycles. The van der Waals surface area contributed by atoms with E-state index in [1.807, 2.05) is 0 Å². The lowest BCUT2D eigenvalue weighted by molar-refractivity contribution is -0.140. The predicted molar refractivity (Wildman–Crippen MR) is 65.5 cm³/mol. The van der Waals surface area contributed by atoms with E-state index in [0.29, 0.717) is 11.1 Å². The van der Waals surface area contributed by atoms with Gasteiger partial charge in [-0.25, -0.2) is 0 Å². The van der Waals surface area contributed by atoms with E-state index in [9.17, 15) is 19.8 Å². The monoisotopic (exact) mass is 248 g/mol. The highest BCUT2D eigenvalue weighted by atomic mass is 16.3. The van der Waals surface area contributed by atoms with E-state index in [0.717, 1.165) is 0 Å². The quantitative estimate of drug-likeness (QED) is 0.685. The highest BCUT2D eigenvalue weighted by Crippen LogP contribution is 2.47. The van der Waals surface area contributed by atoms with Gasteiger partial charge in [-0.3, -0.25) is 9.59 Å². The van der Waals surface area contributed by atoms with Gasteiger partial charge in [-0.2, -0.15) is 0 Å². The molecule has 18 heavy (non-hydrogen) atoms. The summed E-state index contributed by atoms with van der Waals surface area (Å²) < 4.78 is 0. The topological polar surface area (TPSA) is 74.6 Å². The summed E-state index contributed by atoms with van der Waals surface area (Å²) in [6.45, 7) is 6.20. The Kier molecular flexibility index (Phi) is 2.42. The number of carbonyl (C=O) groups excluding carboxylic acids is 2. The number of aliphatic hydroxyl groups is 1. The molecule has 2 rings (SSSR count). The molecule has 0 saturated carbocycles. The van der Waals surface area contributed by atoms with Crippen molar-refractivity contribution in [1.82, 2.24) is 0 Å². The first kappa shape index (κ1) is 12.8. The van der Waals surface area contributed by atoms with E-state index < -0.39 is 22.6 Å². The van der Waals surface area contributed by atoms with Crippen LogP contribution in [-0.4, -0.2) is 21.8 Å². The molecular weight excluding hydrogens is 232 g/mol. The predicted octanol–water partition coefficient (Wildman–Crippen LogP) is 1.70. The number of hydrogen-bond acceptors (Lipinski definition) is 4. The minimum atomic E-state index is -1.49. The van der Waals surface area contributed by atoms with Gasteiger partial charge in [0.2, 0.25) is 11.6 Å². The third-order valence-corrected chi connectivity index (χ3v) is 4.10. The Morgan fingerprint density at radius 3 is 2.22 bits per heavy atom. The SMILES string of the molecule is Cc1cc2c(cc1O)C(C)(O)C(C)(C)C(=O)C2=O. The van der Waals surface area contributed by atoms with Gasteiger partial charge in [0.1, 0.15) is 11.4 Å². The molecule has 1 aliphatic carbocycles. The van der Waals surface area contributed by atoms with Crippen LogP contribution in [0.4, 0.5) is 0 Å². The van der Waals surface area contributed by atoms with Crippen molar-refractivity contribution in [2.24, 2.45) is 5.41 Å². The Balaban J connectivity index is 2.84. The van der Waals surface area contributed by atoms with Gasteiger partial charge < -0.3 is 10.2 Å². The number of Topliss-reactive ketones (excluding diaryl/α,β-unsaturated/α-hetero) is 2. The fourth-order valence-corrected chi connectivity index (χ4v) is 2.25. The lowest BCUT2D eigenvalue weighted by Crippen LogP contribution is -2.52. The first-order valence-electron chi connectivity index (χ1n) is 5.76. The van der Waals surface area contributed by atoms with Gasteiger partial charge in [-0.05, 0) is 51.0 Å². The van der Waals surface area contributed by atoms with Crippen LogP contribution in [0, 0.1) is 12.3 Å². The summed E-state index contributed by atoms with van der Waals surface area (Å²) in [4.78, 5) is 24.1. The summed E-state index contributed by atoms with van der Waals surface area (Å²) >= 11 is 0. The second-order valence-electron chi connectivity index (χ2n) is 5.54. The Morgan fingerprint density at radius 1 is 1.11 bits per heavy atom. The molecule has 1 aliphatic rings. The zero-order valence-corrected chi connectivity index (χ0v) is 10.9.